The first-order chi connectivity index (χ1) is 12.5. The molecule has 6 nitrogen and oxygen atoms in total. The van der Waals surface area contributed by atoms with E-state index in [4.69, 9.17) is 25.8 Å². The van der Waals surface area contributed by atoms with E-state index >= 15 is 0 Å². The van der Waals surface area contributed by atoms with Gasteiger partial charge in [-0.1, -0.05) is 11.6 Å². The highest BCUT2D eigenvalue weighted by atomic mass is 35.5. The SMILES string of the molecule is COc1ccc(S(=O)(=O)NCCCCOc2ccc(Cl)cc2)cc1OC. The molecule has 142 valence electrons. The fourth-order valence-corrected chi connectivity index (χ4v) is 3.44. The maximum Gasteiger partial charge on any atom is 0.240 e. The highest BCUT2D eigenvalue weighted by molar-refractivity contribution is 7.89. The van der Waals surface area contributed by atoms with Crippen LogP contribution in [0.3, 0.4) is 0 Å². The van der Waals surface area contributed by atoms with E-state index in [0.717, 1.165) is 12.2 Å². The van der Waals surface area contributed by atoms with E-state index in [2.05, 4.69) is 4.72 Å². The summed E-state index contributed by atoms with van der Waals surface area (Å²) in [6.07, 6.45) is 1.37. The maximum atomic E-state index is 12.3. The van der Waals surface area contributed by atoms with Crippen LogP contribution in [-0.4, -0.2) is 35.8 Å². The number of ether oxygens (including phenoxy) is 3. The van der Waals surface area contributed by atoms with Gasteiger partial charge in [0.2, 0.25) is 10.0 Å². The lowest BCUT2D eigenvalue weighted by Crippen LogP contribution is -2.25. The van der Waals surface area contributed by atoms with Crippen LogP contribution in [0.25, 0.3) is 0 Å². The molecule has 0 aliphatic heterocycles. The second-order valence-corrected chi connectivity index (χ2v) is 7.63. The highest BCUT2D eigenvalue weighted by Crippen LogP contribution is 2.29. The van der Waals surface area contributed by atoms with E-state index in [1.807, 2.05) is 0 Å². The van der Waals surface area contributed by atoms with Crippen molar-refractivity contribution >= 4 is 21.6 Å². The van der Waals surface area contributed by atoms with Crippen LogP contribution in [0.15, 0.2) is 47.4 Å². The number of hydrogen-bond donors (Lipinski definition) is 1. The van der Waals surface area contributed by atoms with Gasteiger partial charge in [0.15, 0.2) is 11.5 Å². The molecule has 8 heteroatoms. The molecule has 0 aromatic heterocycles. The predicted molar refractivity (Wildman–Crippen MR) is 101 cm³/mol. The molecule has 0 fully saturated rings. The van der Waals surface area contributed by atoms with E-state index in [0.29, 0.717) is 36.1 Å². The van der Waals surface area contributed by atoms with Crippen molar-refractivity contribution in [3.63, 3.8) is 0 Å². The molecular weight excluding hydrogens is 378 g/mol. The Morgan fingerprint density at radius 1 is 0.962 bits per heavy atom. The monoisotopic (exact) mass is 399 g/mol. The molecule has 2 aromatic carbocycles. The van der Waals surface area contributed by atoms with Gasteiger partial charge in [-0.05, 0) is 49.2 Å². The molecule has 0 amide bonds. The van der Waals surface area contributed by atoms with E-state index in [9.17, 15) is 8.42 Å². The number of rotatable bonds is 10. The van der Waals surface area contributed by atoms with Gasteiger partial charge in [-0.15, -0.1) is 0 Å². The summed E-state index contributed by atoms with van der Waals surface area (Å²) in [6.45, 7) is 0.820. The second kappa shape index (κ2) is 9.66. The zero-order valence-corrected chi connectivity index (χ0v) is 16.3. The van der Waals surface area contributed by atoms with E-state index in [1.165, 1.54) is 26.4 Å². The largest absolute Gasteiger partial charge is 0.494 e. The zero-order chi connectivity index (χ0) is 19.0. The minimum absolute atomic E-state index is 0.132. The van der Waals surface area contributed by atoms with Crippen LogP contribution >= 0.6 is 11.6 Å². The molecule has 0 aliphatic carbocycles. The first kappa shape index (κ1) is 20.4. The summed E-state index contributed by atoms with van der Waals surface area (Å²) in [6, 6.07) is 11.6. The summed E-state index contributed by atoms with van der Waals surface area (Å²) >= 11 is 5.81. The van der Waals surface area contributed by atoms with Crippen molar-refractivity contribution in [1.82, 2.24) is 4.72 Å². The Kier molecular flexibility index (Phi) is 7.56. The van der Waals surface area contributed by atoms with Crippen molar-refractivity contribution in [2.24, 2.45) is 0 Å². The summed E-state index contributed by atoms with van der Waals surface area (Å²) in [5.74, 6) is 1.58. The van der Waals surface area contributed by atoms with E-state index in [-0.39, 0.29) is 4.90 Å². The van der Waals surface area contributed by atoms with E-state index < -0.39 is 10.0 Å². The number of hydrogen-bond acceptors (Lipinski definition) is 5. The van der Waals surface area contributed by atoms with Crippen LogP contribution in [0.1, 0.15) is 12.8 Å². The normalized spacial score (nSPS) is 11.2. The van der Waals surface area contributed by atoms with Crippen LogP contribution in [0.2, 0.25) is 5.02 Å². The molecule has 26 heavy (non-hydrogen) atoms. The summed E-state index contributed by atoms with van der Waals surface area (Å²) < 4.78 is 43.1. The molecule has 1 N–H and O–H groups in total. The van der Waals surface area contributed by atoms with Crippen LogP contribution in [0.4, 0.5) is 0 Å². The van der Waals surface area contributed by atoms with Crippen molar-refractivity contribution in [3.8, 4) is 17.2 Å². The third-order valence-electron chi connectivity index (χ3n) is 3.61. The standard InChI is InChI=1S/C18H22ClNO5S/c1-23-17-10-9-16(13-18(17)24-2)26(21,22)20-11-3-4-12-25-15-7-5-14(19)6-8-15/h5-10,13,20H,3-4,11-12H2,1-2H3. The molecule has 0 spiro atoms. The van der Waals surface area contributed by atoms with Crippen molar-refractivity contribution < 1.29 is 22.6 Å². The summed E-state index contributed by atoms with van der Waals surface area (Å²) in [5.41, 5.74) is 0. The van der Waals surface area contributed by atoms with Crippen LogP contribution in [-0.2, 0) is 10.0 Å². The number of unbranched alkanes of at least 4 members (excludes halogenated alkanes) is 1. The first-order valence-electron chi connectivity index (χ1n) is 8.06. The predicted octanol–water partition coefficient (Wildman–Crippen LogP) is 3.49. The Bertz CT molecular complexity index is 809. The third-order valence-corrected chi connectivity index (χ3v) is 5.32. The van der Waals surface area contributed by atoms with Gasteiger partial charge in [0, 0.05) is 17.6 Å². The lowest BCUT2D eigenvalue weighted by Gasteiger charge is -2.11. The molecule has 0 bridgehead atoms. The summed E-state index contributed by atoms with van der Waals surface area (Å²) in [4.78, 5) is 0.132. The van der Waals surface area contributed by atoms with Gasteiger partial charge in [0.25, 0.3) is 0 Å². The van der Waals surface area contributed by atoms with Crippen LogP contribution in [0.5, 0.6) is 17.2 Å². The van der Waals surface area contributed by atoms with Gasteiger partial charge in [-0.2, -0.15) is 0 Å². The molecule has 2 aromatic rings. The summed E-state index contributed by atoms with van der Waals surface area (Å²) in [5, 5.41) is 0.655. The highest BCUT2D eigenvalue weighted by Gasteiger charge is 2.16. The number of benzene rings is 2. The Balaban J connectivity index is 1.78. The van der Waals surface area contributed by atoms with Gasteiger partial charge in [0.05, 0.1) is 25.7 Å². The topological polar surface area (TPSA) is 73.9 Å². The average Bonchev–Trinajstić information content (AvgIpc) is 2.65. The van der Waals surface area contributed by atoms with Gasteiger partial charge in [0.1, 0.15) is 5.75 Å². The Morgan fingerprint density at radius 2 is 1.65 bits per heavy atom. The number of sulfonamides is 1. The molecule has 0 saturated carbocycles. The fourth-order valence-electron chi connectivity index (χ4n) is 2.22. The number of halogens is 1. The third kappa shape index (κ3) is 5.79. The maximum absolute atomic E-state index is 12.3. The average molecular weight is 400 g/mol. The quantitative estimate of drug-likeness (QED) is 0.619. The van der Waals surface area contributed by atoms with Crippen molar-refractivity contribution in [2.75, 3.05) is 27.4 Å². The minimum Gasteiger partial charge on any atom is -0.494 e. The number of methoxy groups -OCH3 is 2. The van der Waals surface area contributed by atoms with Crippen molar-refractivity contribution in [1.29, 1.82) is 0 Å². The van der Waals surface area contributed by atoms with Gasteiger partial charge < -0.3 is 14.2 Å². The molecule has 2 rings (SSSR count). The molecular formula is C18H22ClNO5S. The smallest absolute Gasteiger partial charge is 0.240 e. The van der Waals surface area contributed by atoms with Crippen LogP contribution < -0.4 is 18.9 Å². The molecule has 0 radical (unpaired) electrons. The lowest BCUT2D eigenvalue weighted by atomic mass is 10.3. The van der Waals surface area contributed by atoms with Crippen LogP contribution in [0, 0.1) is 0 Å². The second-order valence-electron chi connectivity index (χ2n) is 5.42. The van der Waals surface area contributed by atoms with Crippen molar-refractivity contribution in [3.05, 3.63) is 47.5 Å². The summed E-state index contributed by atoms with van der Waals surface area (Å²) in [7, 11) is -0.646. The molecule has 0 unspecified atom stereocenters. The molecule has 0 saturated heterocycles. The fraction of sp³-hybridized carbons (Fsp3) is 0.333. The van der Waals surface area contributed by atoms with Gasteiger partial charge >= 0.3 is 0 Å². The molecule has 0 atom stereocenters. The first-order valence-corrected chi connectivity index (χ1v) is 9.92. The Labute approximate surface area is 159 Å². The molecule has 0 aliphatic rings. The Morgan fingerprint density at radius 3 is 2.31 bits per heavy atom. The minimum atomic E-state index is -3.60. The van der Waals surface area contributed by atoms with Gasteiger partial charge in [-0.3, -0.25) is 0 Å². The van der Waals surface area contributed by atoms with Gasteiger partial charge in [-0.25, -0.2) is 13.1 Å². The lowest BCUT2D eigenvalue weighted by molar-refractivity contribution is 0.307. The number of nitrogens with one attached hydrogen (secondary N) is 1. The van der Waals surface area contributed by atoms with Crippen molar-refractivity contribution in [2.45, 2.75) is 17.7 Å². The Hall–Kier alpha value is -1.96. The van der Waals surface area contributed by atoms with E-state index in [1.54, 1.807) is 30.3 Å². The zero-order valence-electron chi connectivity index (χ0n) is 14.7. The molecule has 0 heterocycles.